The van der Waals surface area contributed by atoms with Crippen LogP contribution in [0.15, 0.2) is 47.6 Å². The zero-order valence-electron chi connectivity index (χ0n) is 13.4. The van der Waals surface area contributed by atoms with Crippen molar-refractivity contribution < 1.29 is 19.1 Å². The first kappa shape index (κ1) is 16.5. The molecule has 5 heteroatoms. The van der Waals surface area contributed by atoms with Crippen LogP contribution >= 0.6 is 0 Å². The van der Waals surface area contributed by atoms with E-state index >= 15 is 0 Å². The second kappa shape index (κ2) is 7.98. The van der Waals surface area contributed by atoms with E-state index in [1.54, 1.807) is 18.2 Å². The largest absolute Gasteiger partial charge is 0.453 e. The molecule has 5 nitrogen and oxygen atoms in total. The van der Waals surface area contributed by atoms with Gasteiger partial charge in [0.05, 0.1) is 6.21 Å². The van der Waals surface area contributed by atoms with Gasteiger partial charge in [0.25, 0.3) is 0 Å². The van der Waals surface area contributed by atoms with Crippen LogP contribution in [0.5, 0.6) is 17.2 Å². The Balaban J connectivity index is 2.39. The second-order valence-electron chi connectivity index (χ2n) is 4.79. The molecular formula is C18H19NO4. The lowest BCUT2D eigenvalue weighted by Crippen LogP contribution is -2.05. The lowest BCUT2D eigenvalue weighted by Gasteiger charge is -2.14. The van der Waals surface area contributed by atoms with Gasteiger partial charge in [-0.3, -0.25) is 4.79 Å². The van der Waals surface area contributed by atoms with Crippen LogP contribution in [0.2, 0.25) is 0 Å². The van der Waals surface area contributed by atoms with Crippen LogP contribution in [-0.4, -0.2) is 18.8 Å². The third kappa shape index (κ3) is 4.57. The van der Waals surface area contributed by atoms with E-state index in [2.05, 4.69) is 5.16 Å². The molecule has 0 unspecified atom stereocenters. The minimum Gasteiger partial charge on any atom is -0.453 e. The maximum absolute atomic E-state index is 11.4. The number of aryl methyl sites for hydroxylation is 1. The van der Waals surface area contributed by atoms with E-state index < -0.39 is 5.97 Å². The second-order valence-corrected chi connectivity index (χ2v) is 4.79. The van der Waals surface area contributed by atoms with Crippen molar-refractivity contribution in [3.8, 4) is 17.2 Å². The maximum atomic E-state index is 11.4. The number of carbonyl (C=O) groups excluding carboxylic acids is 1. The van der Waals surface area contributed by atoms with Gasteiger partial charge >= 0.3 is 5.97 Å². The third-order valence-corrected chi connectivity index (χ3v) is 2.96. The number of para-hydroxylation sites is 2. The number of hydrogen-bond acceptors (Lipinski definition) is 5. The number of oxime groups is 1. The summed E-state index contributed by atoms with van der Waals surface area (Å²) in [5, 5.41) is 3.82. The fraction of sp³-hybridized carbons (Fsp3) is 0.222. The molecule has 0 aliphatic heterocycles. The van der Waals surface area contributed by atoms with E-state index in [1.807, 2.05) is 38.1 Å². The Hall–Kier alpha value is -2.82. The van der Waals surface area contributed by atoms with Crippen LogP contribution in [0.25, 0.3) is 0 Å². The summed E-state index contributed by atoms with van der Waals surface area (Å²) in [6.45, 7) is 5.58. The molecule has 0 spiro atoms. The summed E-state index contributed by atoms with van der Waals surface area (Å²) >= 11 is 0. The predicted molar refractivity (Wildman–Crippen MR) is 88.2 cm³/mol. The average molecular weight is 313 g/mol. The topological polar surface area (TPSA) is 57.1 Å². The lowest BCUT2D eigenvalue weighted by molar-refractivity contribution is -0.132. The van der Waals surface area contributed by atoms with Gasteiger partial charge in [0.1, 0.15) is 12.4 Å². The van der Waals surface area contributed by atoms with Gasteiger partial charge < -0.3 is 14.3 Å². The summed E-state index contributed by atoms with van der Waals surface area (Å²) in [5.41, 5.74) is 1.58. The van der Waals surface area contributed by atoms with E-state index in [0.717, 1.165) is 5.56 Å². The predicted octanol–water partition coefficient (Wildman–Crippen LogP) is 4.08. The molecule has 0 N–H and O–H groups in total. The Morgan fingerprint density at radius 1 is 1.13 bits per heavy atom. The maximum Gasteiger partial charge on any atom is 0.308 e. The Morgan fingerprint density at radius 3 is 2.57 bits per heavy atom. The molecule has 120 valence electrons. The highest BCUT2D eigenvalue weighted by atomic mass is 16.6. The van der Waals surface area contributed by atoms with Crippen molar-refractivity contribution in [3.63, 3.8) is 0 Å². The molecular weight excluding hydrogens is 294 g/mol. The number of rotatable bonds is 6. The molecule has 0 radical (unpaired) electrons. The van der Waals surface area contributed by atoms with Crippen LogP contribution in [0.1, 0.15) is 25.0 Å². The summed E-state index contributed by atoms with van der Waals surface area (Å²) in [5.74, 6) is 1.01. The van der Waals surface area contributed by atoms with Crippen LogP contribution in [-0.2, 0) is 9.63 Å². The minimum atomic E-state index is -0.433. The summed E-state index contributed by atoms with van der Waals surface area (Å²) < 4.78 is 11.2. The van der Waals surface area contributed by atoms with E-state index in [-0.39, 0.29) is 0 Å². The Kier molecular flexibility index (Phi) is 5.74. The van der Waals surface area contributed by atoms with Gasteiger partial charge in [-0.15, -0.1) is 0 Å². The quantitative estimate of drug-likeness (QED) is 0.349. The molecule has 0 aliphatic rings. The van der Waals surface area contributed by atoms with Crippen LogP contribution in [0.4, 0.5) is 0 Å². The monoisotopic (exact) mass is 313 g/mol. The van der Waals surface area contributed by atoms with E-state index in [0.29, 0.717) is 29.4 Å². The normalized spacial score (nSPS) is 10.6. The number of ether oxygens (including phenoxy) is 2. The van der Waals surface area contributed by atoms with E-state index in [4.69, 9.17) is 14.3 Å². The molecule has 2 aromatic carbocycles. The van der Waals surface area contributed by atoms with Crippen molar-refractivity contribution >= 4 is 12.2 Å². The first-order valence-electron chi connectivity index (χ1n) is 7.32. The number of nitrogens with zero attached hydrogens (tertiary/aromatic N) is 1. The fourth-order valence-corrected chi connectivity index (χ4v) is 1.93. The highest BCUT2D eigenvalue weighted by molar-refractivity contribution is 5.86. The first-order valence-corrected chi connectivity index (χ1v) is 7.32. The van der Waals surface area contributed by atoms with E-state index in [9.17, 15) is 4.79 Å². The van der Waals surface area contributed by atoms with Crippen LogP contribution in [0.3, 0.4) is 0 Å². The molecule has 0 heterocycles. The van der Waals surface area contributed by atoms with Gasteiger partial charge in [-0.1, -0.05) is 29.4 Å². The Labute approximate surface area is 135 Å². The SMILES string of the molecule is CCO/N=C/c1cccc(Oc2ccccc2C)c1OC(C)=O. The molecule has 0 amide bonds. The average Bonchev–Trinajstić information content (AvgIpc) is 2.52. The van der Waals surface area contributed by atoms with Gasteiger partial charge in [0.2, 0.25) is 0 Å². The zero-order chi connectivity index (χ0) is 16.7. The van der Waals surface area contributed by atoms with Crippen LogP contribution in [0, 0.1) is 6.92 Å². The number of carbonyl (C=O) groups is 1. The van der Waals surface area contributed by atoms with Gasteiger partial charge in [0.15, 0.2) is 11.5 Å². The smallest absolute Gasteiger partial charge is 0.308 e. The van der Waals surface area contributed by atoms with Gasteiger partial charge in [-0.25, -0.2) is 0 Å². The molecule has 0 aromatic heterocycles. The molecule has 2 aromatic rings. The lowest BCUT2D eigenvalue weighted by atomic mass is 10.2. The molecule has 0 saturated heterocycles. The Morgan fingerprint density at radius 2 is 1.87 bits per heavy atom. The van der Waals surface area contributed by atoms with Gasteiger partial charge in [-0.2, -0.15) is 0 Å². The van der Waals surface area contributed by atoms with Crippen molar-refractivity contribution in [1.29, 1.82) is 0 Å². The number of esters is 1. The van der Waals surface area contributed by atoms with Crippen molar-refractivity contribution in [2.75, 3.05) is 6.61 Å². The minimum absolute atomic E-state index is 0.312. The van der Waals surface area contributed by atoms with Crippen molar-refractivity contribution in [3.05, 3.63) is 53.6 Å². The standard InChI is InChI=1S/C18H19NO4/c1-4-21-19-12-15-9-7-11-17(18(15)22-14(3)20)23-16-10-6-5-8-13(16)2/h5-12H,4H2,1-3H3/b19-12+. The molecule has 0 atom stereocenters. The summed E-state index contributed by atoms with van der Waals surface area (Å²) in [4.78, 5) is 16.4. The third-order valence-electron chi connectivity index (χ3n) is 2.96. The van der Waals surface area contributed by atoms with Crippen molar-refractivity contribution in [1.82, 2.24) is 0 Å². The van der Waals surface area contributed by atoms with Crippen molar-refractivity contribution in [2.24, 2.45) is 5.16 Å². The summed E-state index contributed by atoms with van der Waals surface area (Å²) in [7, 11) is 0. The number of benzene rings is 2. The molecule has 0 fully saturated rings. The molecule has 0 bridgehead atoms. The Bertz CT molecular complexity index is 710. The highest BCUT2D eigenvalue weighted by Gasteiger charge is 2.14. The fourth-order valence-electron chi connectivity index (χ4n) is 1.93. The first-order chi connectivity index (χ1) is 11.1. The van der Waals surface area contributed by atoms with Gasteiger partial charge in [0, 0.05) is 12.5 Å². The highest BCUT2D eigenvalue weighted by Crippen LogP contribution is 2.35. The molecule has 2 rings (SSSR count). The molecule has 0 saturated carbocycles. The summed E-state index contributed by atoms with van der Waals surface area (Å²) in [6, 6.07) is 12.9. The number of hydrogen-bond donors (Lipinski definition) is 0. The molecule has 0 aliphatic carbocycles. The van der Waals surface area contributed by atoms with Gasteiger partial charge in [-0.05, 0) is 37.6 Å². The summed E-state index contributed by atoms with van der Waals surface area (Å²) in [6.07, 6.45) is 1.49. The van der Waals surface area contributed by atoms with Crippen molar-refractivity contribution in [2.45, 2.75) is 20.8 Å². The van der Waals surface area contributed by atoms with Crippen LogP contribution < -0.4 is 9.47 Å². The zero-order valence-corrected chi connectivity index (χ0v) is 13.4. The van der Waals surface area contributed by atoms with E-state index in [1.165, 1.54) is 13.1 Å². The molecule has 23 heavy (non-hydrogen) atoms.